The normalized spacial score (nSPS) is 11.9. The van der Waals surface area contributed by atoms with Gasteiger partial charge in [-0.1, -0.05) is 48.5 Å². The van der Waals surface area contributed by atoms with E-state index in [0.717, 1.165) is 20.3 Å². The lowest BCUT2D eigenvalue weighted by Crippen LogP contribution is -2.27. The molecule has 1 atom stereocenters. The molecule has 5 heteroatoms. The quantitative estimate of drug-likeness (QED) is 0.658. The maximum atomic E-state index is 12.8. The van der Waals surface area contributed by atoms with E-state index in [4.69, 9.17) is 0 Å². The lowest BCUT2D eigenvalue weighted by molar-refractivity contribution is -0.120. The minimum Gasteiger partial charge on any atom is -0.350 e. The highest BCUT2D eigenvalue weighted by atomic mass is 32.2. The fourth-order valence-electron chi connectivity index (χ4n) is 2.29. The third-order valence-electron chi connectivity index (χ3n) is 3.44. The Balaban J connectivity index is 1.74. The number of nitrogens with zero attached hydrogens (tertiary/aromatic N) is 1. The summed E-state index contributed by atoms with van der Waals surface area (Å²) in [6, 6.07) is 19.9. The molecule has 1 aromatic heterocycles. The molecule has 1 amide bonds. The van der Waals surface area contributed by atoms with Gasteiger partial charge in [0, 0.05) is 16.0 Å². The molecular weight excluding hydrogens is 336 g/mol. The Hall–Kier alpha value is -2.11. The smallest absolute Gasteiger partial charge is 0.238 e. The number of benzene rings is 2. The Bertz CT molecular complexity index is 787. The molecule has 2 aromatic carbocycles. The van der Waals surface area contributed by atoms with Gasteiger partial charge in [-0.25, -0.2) is 4.98 Å². The summed E-state index contributed by atoms with van der Waals surface area (Å²) >= 11 is 3.17. The summed E-state index contributed by atoms with van der Waals surface area (Å²) in [4.78, 5) is 19.2. The minimum absolute atomic E-state index is 0.0149. The molecule has 0 saturated carbocycles. The van der Waals surface area contributed by atoms with Gasteiger partial charge in [0.1, 0.15) is 5.25 Å². The molecule has 0 bridgehead atoms. The fraction of sp³-hybridized carbons (Fsp3) is 0.158. The average Bonchev–Trinajstić information content (AvgIpc) is 3.04. The monoisotopic (exact) mass is 354 g/mol. The molecular formula is C19H18N2OS2. The number of rotatable bonds is 6. The van der Waals surface area contributed by atoms with Crippen LogP contribution in [0.15, 0.2) is 71.8 Å². The van der Waals surface area contributed by atoms with Crippen molar-refractivity contribution in [1.29, 1.82) is 0 Å². The maximum Gasteiger partial charge on any atom is 0.238 e. The van der Waals surface area contributed by atoms with Gasteiger partial charge in [0.25, 0.3) is 0 Å². The first kappa shape index (κ1) is 16.7. The van der Waals surface area contributed by atoms with Gasteiger partial charge in [-0.3, -0.25) is 4.79 Å². The van der Waals surface area contributed by atoms with Crippen LogP contribution in [0, 0.1) is 6.92 Å². The Morgan fingerprint density at radius 1 is 1.12 bits per heavy atom. The number of thiazole rings is 1. The number of hydrogen-bond acceptors (Lipinski definition) is 4. The predicted octanol–water partition coefficient (Wildman–Crippen LogP) is 4.60. The van der Waals surface area contributed by atoms with Gasteiger partial charge in [-0.05, 0) is 24.6 Å². The van der Waals surface area contributed by atoms with E-state index >= 15 is 0 Å². The molecule has 3 rings (SSSR count). The third-order valence-corrected chi connectivity index (χ3v) is 5.62. The Morgan fingerprint density at radius 3 is 2.42 bits per heavy atom. The van der Waals surface area contributed by atoms with Crippen LogP contribution in [-0.2, 0) is 11.3 Å². The molecule has 0 aliphatic heterocycles. The van der Waals surface area contributed by atoms with Crippen LogP contribution in [0.4, 0.5) is 0 Å². The van der Waals surface area contributed by atoms with E-state index in [1.807, 2.05) is 73.8 Å². The summed E-state index contributed by atoms with van der Waals surface area (Å²) in [7, 11) is 0. The van der Waals surface area contributed by atoms with Crippen LogP contribution >= 0.6 is 23.1 Å². The van der Waals surface area contributed by atoms with Crippen molar-refractivity contribution in [2.45, 2.75) is 23.6 Å². The SMILES string of the molecule is Cc1ncc(CNC(=O)C(Sc2ccccc2)c2ccccc2)s1. The van der Waals surface area contributed by atoms with Crippen LogP contribution < -0.4 is 5.32 Å². The van der Waals surface area contributed by atoms with Crippen LogP contribution in [0.5, 0.6) is 0 Å². The van der Waals surface area contributed by atoms with Crippen molar-refractivity contribution < 1.29 is 4.79 Å². The second-order valence-corrected chi connectivity index (χ2v) is 7.78. The first-order valence-electron chi connectivity index (χ1n) is 7.68. The van der Waals surface area contributed by atoms with Gasteiger partial charge in [-0.15, -0.1) is 23.1 Å². The Morgan fingerprint density at radius 2 is 1.79 bits per heavy atom. The van der Waals surface area contributed by atoms with Crippen LogP contribution in [0.25, 0.3) is 0 Å². The van der Waals surface area contributed by atoms with E-state index in [1.54, 1.807) is 23.1 Å². The number of hydrogen-bond donors (Lipinski definition) is 1. The molecule has 1 unspecified atom stereocenters. The van der Waals surface area contributed by atoms with E-state index in [-0.39, 0.29) is 11.2 Å². The van der Waals surface area contributed by atoms with Gasteiger partial charge in [0.15, 0.2) is 0 Å². The van der Waals surface area contributed by atoms with Gasteiger partial charge in [0.2, 0.25) is 5.91 Å². The molecule has 3 aromatic rings. The number of thioether (sulfide) groups is 1. The van der Waals surface area contributed by atoms with Crippen LogP contribution in [0.1, 0.15) is 20.7 Å². The van der Waals surface area contributed by atoms with E-state index in [9.17, 15) is 4.79 Å². The predicted molar refractivity (Wildman–Crippen MR) is 100 cm³/mol. The van der Waals surface area contributed by atoms with E-state index in [0.29, 0.717) is 6.54 Å². The lowest BCUT2D eigenvalue weighted by Gasteiger charge is -2.16. The number of amides is 1. The van der Waals surface area contributed by atoms with Crippen molar-refractivity contribution in [3.8, 4) is 0 Å². The topological polar surface area (TPSA) is 42.0 Å². The van der Waals surface area contributed by atoms with Gasteiger partial charge in [0.05, 0.1) is 11.6 Å². The standard InChI is InChI=1S/C19H18N2OS2/c1-14-20-12-17(23-14)13-21-19(22)18(15-8-4-2-5-9-15)24-16-10-6-3-7-11-16/h2-12,18H,13H2,1H3,(H,21,22). The molecule has 0 saturated heterocycles. The number of carbonyl (C=O) groups is 1. The highest BCUT2D eigenvalue weighted by Crippen LogP contribution is 2.35. The largest absolute Gasteiger partial charge is 0.350 e. The van der Waals surface area contributed by atoms with Crippen molar-refractivity contribution in [3.63, 3.8) is 0 Å². The highest BCUT2D eigenvalue weighted by Gasteiger charge is 2.21. The second-order valence-electron chi connectivity index (χ2n) is 5.29. The van der Waals surface area contributed by atoms with E-state index in [2.05, 4.69) is 10.3 Å². The zero-order valence-electron chi connectivity index (χ0n) is 13.3. The maximum absolute atomic E-state index is 12.8. The highest BCUT2D eigenvalue weighted by molar-refractivity contribution is 8.00. The fourth-order valence-corrected chi connectivity index (χ4v) is 4.09. The molecule has 1 N–H and O–H groups in total. The molecule has 0 spiro atoms. The molecule has 122 valence electrons. The molecule has 0 aliphatic rings. The number of aryl methyl sites for hydroxylation is 1. The van der Waals surface area contributed by atoms with Crippen LogP contribution in [0.2, 0.25) is 0 Å². The third kappa shape index (κ3) is 4.46. The molecule has 3 nitrogen and oxygen atoms in total. The minimum atomic E-state index is -0.275. The second kappa shape index (κ2) is 8.13. The Labute approximate surface area is 150 Å². The molecule has 0 fully saturated rings. The van der Waals surface area contributed by atoms with Crippen molar-refractivity contribution in [1.82, 2.24) is 10.3 Å². The summed E-state index contributed by atoms with van der Waals surface area (Å²) in [6.45, 7) is 2.48. The zero-order chi connectivity index (χ0) is 16.8. The average molecular weight is 355 g/mol. The number of aromatic nitrogens is 1. The number of nitrogens with one attached hydrogen (secondary N) is 1. The summed E-state index contributed by atoms with van der Waals surface area (Å²) < 4.78 is 0. The summed E-state index contributed by atoms with van der Waals surface area (Å²) in [5.41, 5.74) is 1.00. The van der Waals surface area contributed by atoms with E-state index < -0.39 is 0 Å². The van der Waals surface area contributed by atoms with Crippen molar-refractivity contribution in [2.75, 3.05) is 0 Å². The first-order chi connectivity index (χ1) is 11.7. The van der Waals surface area contributed by atoms with Crippen LogP contribution in [0.3, 0.4) is 0 Å². The summed E-state index contributed by atoms with van der Waals surface area (Å²) in [6.07, 6.45) is 1.82. The van der Waals surface area contributed by atoms with E-state index in [1.165, 1.54) is 0 Å². The Kier molecular flexibility index (Phi) is 5.67. The van der Waals surface area contributed by atoms with Crippen LogP contribution in [-0.4, -0.2) is 10.9 Å². The lowest BCUT2D eigenvalue weighted by atomic mass is 10.1. The molecule has 0 radical (unpaired) electrons. The molecule has 1 heterocycles. The summed E-state index contributed by atoms with van der Waals surface area (Å²) in [5, 5.41) is 3.78. The first-order valence-corrected chi connectivity index (χ1v) is 9.37. The van der Waals surface area contributed by atoms with Gasteiger partial charge < -0.3 is 5.32 Å². The molecule has 24 heavy (non-hydrogen) atoms. The molecule has 0 aliphatic carbocycles. The zero-order valence-corrected chi connectivity index (χ0v) is 14.9. The summed E-state index contributed by atoms with van der Waals surface area (Å²) in [5.74, 6) is 0.0149. The number of carbonyl (C=O) groups excluding carboxylic acids is 1. The van der Waals surface area contributed by atoms with Crippen molar-refractivity contribution in [3.05, 3.63) is 82.3 Å². The van der Waals surface area contributed by atoms with Crippen molar-refractivity contribution >= 4 is 29.0 Å². The van der Waals surface area contributed by atoms with Gasteiger partial charge in [-0.2, -0.15) is 0 Å². The van der Waals surface area contributed by atoms with Crippen molar-refractivity contribution in [2.24, 2.45) is 0 Å². The van der Waals surface area contributed by atoms with Gasteiger partial charge >= 0.3 is 0 Å².